The van der Waals surface area contributed by atoms with Gasteiger partial charge in [0.05, 0.1) is 16.3 Å². The maximum atomic E-state index is 13.9. The molecule has 0 saturated carbocycles. The zero-order chi connectivity index (χ0) is 21.9. The van der Waals surface area contributed by atoms with E-state index in [1.165, 1.54) is 12.1 Å². The minimum Gasteiger partial charge on any atom is -0.322 e. The monoisotopic (exact) mass is 494 g/mol. The van der Waals surface area contributed by atoms with Gasteiger partial charge in [-0.25, -0.2) is 17.2 Å². The Hall–Kier alpha value is -2.78. The zero-order valence-corrected chi connectivity index (χ0v) is 18.2. The van der Waals surface area contributed by atoms with Crippen molar-refractivity contribution in [3.63, 3.8) is 0 Å². The lowest BCUT2D eigenvalue weighted by atomic mass is 10.2. The largest absolute Gasteiger partial charge is 0.322 e. The van der Waals surface area contributed by atoms with Crippen LogP contribution < -0.4 is 9.62 Å². The normalized spacial score (nSPS) is 11.2. The summed E-state index contributed by atoms with van der Waals surface area (Å²) in [6.07, 6.45) is 0. The maximum Gasteiger partial charge on any atom is 0.264 e. The average molecular weight is 495 g/mol. The number of hydrogen-bond acceptors (Lipinski definition) is 3. The van der Waals surface area contributed by atoms with Gasteiger partial charge in [0.2, 0.25) is 5.91 Å². The lowest BCUT2D eigenvalue weighted by molar-refractivity contribution is -0.114. The molecule has 0 heterocycles. The first-order chi connectivity index (χ1) is 14.2. The highest BCUT2D eigenvalue weighted by Gasteiger charge is 2.27. The first-order valence-corrected chi connectivity index (χ1v) is 11.0. The Balaban J connectivity index is 1.95. The third kappa shape index (κ3) is 5.03. The van der Waals surface area contributed by atoms with Crippen molar-refractivity contribution in [2.75, 3.05) is 16.2 Å². The second-order valence-electron chi connectivity index (χ2n) is 6.48. The van der Waals surface area contributed by atoms with Crippen LogP contribution in [0.5, 0.6) is 0 Å². The molecule has 3 rings (SSSR count). The molecular weight excluding hydrogens is 478 g/mol. The summed E-state index contributed by atoms with van der Waals surface area (Å²) in [6, 6.07) is 15.3. The van der Waals surface area contributed by atoms with Gasteiger partial charge in [-0.15, -0.1) is 0 Å². The number of benzene rings is 3. The number of halogens is 3. The van der Waals surface area contributed by atoms with Gasteiger partial charge in [-0.05, 0) is 49.4 Å². The van der Waals surface area contributed by atoms with Gasteiger partial charge in [0.25, 0.3) is 10.0 Å². The van der Waals surface area contributed by atoms with Crippen molar-refractivity contribution in [1.82, 2.24) is 0 Å². The number of aryl methyl sites for hydroxylation is 1. The van der Waals surface area contributed by atoms with E-state index in [4.69, 9.17) is 0 Å². The molecule has 0 spiro atoms. The van der Waals surface area contributed by atoms with Crippen LogP contribution in [0.2, 0.25) is 0 Å². The molecule has 3 aromatic carbocycles. The molecule has 0 aliphatic heterocycles. The topological polar surface area (TPSA) is 66.5 Å². The quantitative estimate of drug-likeness (QED) is 0.531. The molecule has 0 unspecified atom stereocenters. The molecule has 0 bridgehead atoms. The minimum atomic E-state index is -4.09. The van der Waals surface area contributed by atoms with Crippen LogP contribution in [0.4, 0.5) is 20.2 Å². The fourth-order valence-corrected chi connectivity index (χ4v) is 4.49. The summed E-state index contributed by atoms with van der Waals surface area (Å²) < 4.78 is 55.0. The molecule has 0 aliphatic rings. The van der Waals surface area contributed by atoms with Crippen LogP contribution in [0.25, 0.3) is 0 Å². The Kier molecular flexibility index (Phi) is 6.52. The van der Waals surface area contributed by atoms with Crippen LogP contribution in [0.1, 0.15) is 5.56 Å². The number of carbonyl (C=O) groups is 1. The third-order valence-electron chi connectivity index (χ3n) is 4.20. The van der Waals surface area contributed by atoms with Crippen LogP contribution in [0, 0.1) is 18.6 Å². The lowest BCUT2D eigenvalue weighted by Gasteiger charge is -2.24. The van der Waals surface area contributed by atoms with Gasteiger partial charge < -0.3 is 5.32 Å². The average Bonchev–Trinajstić information content (AvgIpc) is 2.68. The number of amides is 1. The SMILES string of the molecule is Cc1ccc(S(=O)(=O)N(CC(=O)Nc2ccc(F)cc2F)c2cccc(Br)c2)cc1. The number of carbonyl (C=O) groups excluding carboxylic acids is 1. The number of rotatable bonds is 6. The van der Waals surface area contributed by atoms with E-state index in [-0.39, 0.29) is 16.3 Å². The first-order valence-electron chi connectivity index (χ1n) is 8.77. The first kappa shape index (κ1) is 21.9. The standard InChI is InChI=1S/C21H17BrF2N2O3S/c1-14-5-8-18(9-6-14)30(28,29)26(17-4-2-3-15(22)11-17)13-21(27)25-20-10-7-16(23)12-19(20)24/h2-12H,13H2,1H3,(H,25,27). The fraction of sp³-hybridized carbons (Fsp3) is 0.0952. The fourth-order valence-electron chi connectivity index (χ4n) is 2.69. The van der Waals surface area contributed by atoms with E-state index in [0.29, 0.717) is 10.5 Å². The van der Waals surface area contributed by atoms with Gasteiger partial charge >= 0.3 is 0 Å². The van der Waals surface area contributed by atoms with E-state index < -0.39 is 34.1 Å². The van der Waals surface area contributed by atoms with Crippen molar-refractivity contribution < 1.29 is 22.0 Å². The van der Waals surface area contributed by atoms with Gasteiger partial charge in [-0.3, -0.25) is 9.10 Å². The summed E-state index contributed by atoms with van der Waals surface area (Å²) in [5, 5.41) is 2.29. The van der Waals surface area contributed by atoms with Gasteiger partial charge in [0.1, 0.15) is 18.2 Å². The van der Waals surface area contributed by atoms with Gasteiger partial charge in [0, 0.05) is 10.5 Å². The Bertz CT molecular complexity index is 1190. The molecule has 9 heteroatoms. The number of nitrogens with one attached hydrogen (secondary N) is 1. The molecule has 0 aromatic heterocycles. The summed E-state index contributed by atoms with van der Waals surface area (Å²) >= 11 is 3.29. The van der Waals surface area contributed by atoms with Crippen molar-refractivity contribution in [1.29, 1.82) is 0 Å². The zero-order valence-electron chi connectivity index (χ0n) is 15.8. The Morgan fingerprint density at radius 1 is 1.03 bits per heavy atom. The summed E-state index contributed by atoms with van der Waals surface area (Å²) in [7, 11) is -4.09. The summed E-state index contributed by atoms with van der Waals surface area (Å²) in [4.78, 5) is 12.6. The highest BCUT2D eigenvalue weighted by molar-refractivity contribution is 9.10. The second-order valence-corrected chi connectivity index (χ2v) is 9.25. The van der Waals surface area contributed by atoms with Crippen LogP contribution >= 0.6 is 15.9 Å². The number of hydrogen-bond donors (Lipinski definition) is 1. The van der Waals surface area contributed by atoms with E-state index in [0.717, 1.165) is 22.0 Å². The Morgan fingerprint density at radius 2 is 1.73 bits per heavy atom. The smallest absolute Gasteiger partial charge is 0.264 e. The summed E-state index contributed by atoms with van der Waals surface area (Å²) in [6.45, 7) is 1.22. The Labute approximate surface area is 181 Å². The van der Waals surface area contributed by atoms with Crippen LogP contribution in [0.3, 0.4) is 0 Å². The van der Waals surface area contributed by atoms with E-state index in [1.807, 2.05) is 6.92 Å². The predicted octanol–water partition coefficient (Wildman–Crippen LogP) is 4.87. The summed E-state index contributed by atoms with van der Waals surface area (Å²) in [5.74, 6) is -2.53. The molecule has 0 atom stereocenters. The lowest BCUT2D eigenvalue weighted by Crippen LogP contribution is -2.38. The van der Waals surface area contributed by atoms with Crippen molar-refractivity contribution >= 4 is 43.2 Å². The highest BCUT2D eigenvalue weighted by Crippen LogP contribution is 2.27. The van der Waals surface area contributed by atoms with Gasteiger partial charge in [0.15, 0.2) is 0 Å². The molecule has 156 valence electrons. The van der Waals surface area contributed by atoms with Crippen LogP contribution in [0.15, 0.2) is 76.1 Å². The third-order valence-corrected chi connectivity index (χ3v) is 6.48. The predicted molar refractivity (Wildman–Crippen MR) is 115 cm³/mol. The van der Waals surface area contributed by atoms with Crippen LogP contribution in [-0.2, 0) is 14.8 Å². The Morgan fingerprint density at radius 3 is 2.37 bits per heavy atom. The van der Waals surface area contributed by atoms with Crippen molar-refractivity contribution in [3.8, 4) is 0 Å². The second kappa shape index (κ2) is 8.93. The molecule has 5 nitrogen and oxygen atoms in total. The van der Waals surface area contributed by atoms with E-state index >= 15 is 0 Å². The molecule has 0 radical (unpaired) electrons. The summed E-state index contributed by atoms with van der Waals surface area (Å²) in [5.41, 5.74) is 0.885. The molecule has 30 heavy (non-hydrogen) atoms. The van der Waals surface area contributed by atoms with Crippen molar-refractivity contribution in [2.45, 2.75) is 11.8 Å². The molecule has 0 saturated heterocycles. The van der Waals surface area contributed by atoms with Gasteiger partial charge in [-0.2, -0.15) is 0 Å². The number of sulfonamides is 1. The maximum absolute atomic E-state index is 13.9. The number of nitrogens with zero attached hydrogens (tertiary/aromatic N) is 1. The molecule has 1 amide bonds. The van der Waals surface area contributed by atoms with E-state index in [2.05, 4.69) is 21.2 Å². The molecule has 3 aromatic rings. The van der Waals surface area contributed by atoms with Gasteiger partial charge in [-0.1, -0.05) is 39.7 Å². The molecule has 1 N–H and O–H groups in total. The van der Waals surface area contributed by atoms with Crippen molar-refractivity contribution in [2.24, 2.45) is 0 Å². The molecule has 0 aliphatic carbocycles. The van der Waals surface area contributed by atoms with E-state index in [9.17, 15) is 22.0 Å². The van der Waals surface area contributed by atoms with Crippen molar-refractivity contribution in [3.05, 3.63) is 88.4 Å². The van der Waals surface area contributed by atoms with Crippen LogP contribution in [-0.4, -0.2) is 20.9 Å². The minimum absolute atomic E-state index is 0.00818. The molecular formula is C21H17BrF2N2O3S. The molecule has 0 fully saturated rings. The van der Waals surface area contributed by atoms with E-state index in [1.54, 1.807) is 36.4 Å². The number of anilines is 2. The highest BCUT2D eigenvalue weighted by atomic mass is 79.9.